The standard InChI is InChI=1S/C27H26N2O7/c1-2-36-23(30)17-22(18-13-15-21(16-14-18)29(34)35)25(27(32)33)28-26(31)24(19-9-5-3-6-10-19)20-11-7-4-8-12-20/h3-16,22,24-25H,2,17H2,1H3,(H,28,31)(H,32,33)/t22-,25+/m0/s1. The van der Waals surface area contributed by atoms with Crippen LogP contribution in [-0.4, -0.2) is 40.5 Å². The second-order valence-electron chi connectivity index (χ2n) is 8.04. The predicted molar refractivity (Wildman–Crippen MR) is 131 cm³/mol. The maximum absolute atomic E-state index is 13.6. The largest absolute Gasteiger partial charge is 0.480 e. The Bertz CT molecular complexity index is 1160. The number of hydrogen-bond acceptors (Lipinski definition) is 6. The lowest BCUT2D eigenvalue weighted by Crippen LogP contribution is -2.47. The van der Waals surface area contributed by atoms with Crippen molar-refractivity contribution >= 4 is 23.5 Å². The first kappa shape index (κ1) is 26.1. The smallest absolute Gasteiger partial charge is 0.326 e. The summed E-state index contributed by atoms with van der Waals surface area (Å²) >= 11 is 0. The average Bonchev–Trinajstić information content (AvgIpc) is 2.87. The van der Waals surface area contributed by atoms with Gasteiger partial charge in [-0.3, -0.25) is 19.7 Å². The summed E-state index contributed by atoms with van der Waals surface area (Å²) in [6.07, 6.45) is -0.343. The van der Waals surface area contributed by atoms with Crippen molar-refractivity contribution in [2.75, 3.05) is 6.61 Å². The predicted octanol–water partition coefficient (Wildman–Crippen LogP) is 4.03. The lowest BCUT2D eigenvalue weighted by Gasteiger charge is -2.27. The Morgan fingerprint density at radius 2 is 1.42 bits per heavy atom. The highest BCUT2D eigenvalue weighted by atomic mass is 16.6. The lowest BCUT2D eigenvalue weighted by atomic mass is 9.86. The van der Waals surface area contributed by atoms with E-state index in [0.29, 0.717) is 16.7 Å². The number of carboxylic acids is 1. The molecule has 0 aromatic heterocycles. The van der Waals surface area contributed by atoms with E-state index < -0.39 is 40.6 Å². The van der Waals surface area contributed by atoms with Crippen LogP contribution in [0.2, 0.25) is 0 Å². The number of carboxylic acid groups (broad SMARTS) is 1. The molecule has 0 unspecified atom stereocenters. The van der Waals surface area contributed by atoms with E-state index in [9.17, 15) is 29.6 Å². The van der Waals surface area contributed by atoms with Crippen molar-refractivity contribution in [3.8, 4) is 0 Å². The maximum Gasteiger partial charge on any atom is 0.326 e. The summed E-state index contributed by atoms with van der Waals surface area (Å²) in [5.41, 5.74) is 1.50. The van der Waals surface area contributed by atoms with Gasteiger partial charge >= 0.3 is 11.9 Å². The Labute approximate surface area is 207 Å². The highest BCUT2D eigenvalue weighted by molar-refractivity contribution is 5.91. The Hall–Kier alpha value is -4.53. The van der Waals surface area contributed by atoms with E-state index in [1.165, 1.54) is 24.3 Å². The molecule has 3 aromatic carbocycles. The zero-order chi connectivity index (χ0) is 26.1. The van der Waals surface area contributed by atoms with Crippen LogP contribution in [-0.2, 0) is 19.1 Å². The minimum absolute atomic E-state index is 0.0972. The number of hydrogen-bond donors (Lipinski definition) is 2. The van der Waals surface area contributed by atoms with E-state index in [2.05, 4.69) is 5.32 Å². The highest BCUT2D eigenvalue weighted by Crippen LogP contribution is 2.29. The number of benzene rings is 3. The fourth-order valence-electron chi connectivity index (χ4n) is 4.03. The number of carbonyl (C=O) groups is 3. The minimum atomic E-state index is -1.50. The molecule has 0 spiro atoms. The molecular weight excluding hydrogens is 464 g/mol. The fraction of sp³-hybridized carbons (Fsp3) is 0.222. The molecule has 0 fully saturated rings. The summed E-state index contributed by atoms with van der Waals surface area (Å²) in [5, 5.41) is 23.8. The number of carbonyl (C=O) groups excluding carboxylic acids is 2. The van der Waals surface area contributed by atoms with Crippen molar-refractivity contribution in [3.63, 3.8) is 0 Å². The Kier molecular flexibility index (Phi) is 8.88. The van der Waals surface area contributed by atoms with Gasteiger partial charge in [-0.2, -0.15) is 0 Å². The van der Waals surface area contributed by atoms with Crippen molar-refractivity contribution in [2.24, 2.45) is 0 Å². The van der Waals surface area contributed by atoms with Crippen molar-refractivity contribution in [3.05, 3.63) is 112 Å². The molecule has 2 N–H and O–H groups in total. The molecule has 0 bridgehead atoms. The summed E-state index contributed by atoms with van der Waals surface area (Å²) in [4.78, 5) is 48.8. The van der Waals surface area contributed by atoms with Crippen molar-refractivity contribution < 1.29 is 29.2 Å². The SMILES string of the molecule is CCOC(=O)C[C@@H](c1ccc([N+](=O)[O-])cc1)[C@@H](NC(=O)C(c1ccccc1)c1ccccc1)C(=O)O. The van der Waals surface area contributed by atoms with E-state index in [0.717, 1.165) is 0 Å². The monoisotopic (exact) mass is 490 g/mol. The Balaban J connectivity index is 1.99. The van der Waals surface area contributed by atoms with Gasteiger partial charge in [0.05, 0.1) is 23.9 Å². The third-order valence-electron chi connectivity index (χ3n) is 5.72. The zero-order valence-corrected chi connectivity index (χ0v) is 19.6. The van der Waals surface area contributed by atoms with Crippen LogP contribution in [0.5, 0.6) is 0 Å². The van der Waals surface area contributed by atoms with Gasteiger partial charge in [-0.25, -0.2) is 4.79 Å². The lowest BCUT2D eigenvalue weighted by molar-refractivity contribution is -0.384. The van der Waals surface area contributed by atoms with Crippen LogP contribution in [0.4, 0.5) is 5.69 Å². The number of ether oxygens (including phenoxy) is 1. The summed E-state index contributed by atoms with van der Waals surface area (Å²) in [6.45, 7) is 1.72. The number of esters is 1. The molecular formula is C27H26N2O7. The van der Waals surface area contributed by atoms with Crippen molar-refractivity contribution in [2.45, 2.75) is 31.2 Å². The first-order valence-electron chi connectivity index (χ1n) is 11.3. The van der Waals surface area contributed by atoms with Crippen molar-refractivity contribution in [1.29, 1.82) is 0 Å². The van der Waals surface area contributed by atoms with Crippen LogP contribution in [0.25, 0.3) is 0 Å². The van der Waals surface area contributed by atoms with Gasteiger partial charge in [0.2, 0.25) is 5.91 Å². The number of nitro groups is 1. The van der Waals surface area contributed by atoms with E-state index >= 15 is 0 Å². The second-order valence-corrected chi connectivity index (χ2v) is 8.04. The number of non-ortho nitro benzene ring substituents is 1. The Morgan fingerprint density at radius 3 is 1.86 bits per heavy atom. The summed E-state index contributed by atoms with van der Waals surface area (Å²) in [5.74, 6) is -4.39. The van der Waals surface area contributed by atoms with E-state index in [1.807, 2.05) is 12.1 Å². The number of nitrogens with zero attached hydrogens (tertiary/aromatic N) is 1. The maximum atomic E-state index is 13.6. The van der Waals surface area contributed by atoms with Crippen LogP contribution < -0.4 is 5.32 Å². The molecule has 9 nitrogen and oxygen atoms in total. The van der Waals surface area contributed by atoms with Crippen LogP contribution >= 0.6 is 0 Å². The summed E-state index contributed by atoms with van der Waals surface area (Å²) in [6, 6.07) is 21.6. The second kappa shape index (κ2) is 12.3. The molecule has 36 heavy (non-hydrogen) atoms. The molecule has 0 radical (unpaired) electrons. The minimum Gasteiger partial charge on any atom is -0.480 e. The van der Waals surface area contributed by atoms with Crippen molar-refractivity contribution in [1.82, 2.24) is 5.32 Å². The first-order valence-corrected chi connectivity index (χ1v) is 11.3. The third-order valence-corrected chi connectivity index (χ3v) is 5.72. The van der Waals surface area contributed by atoms with Crippen LogP contribution in [0.1, 0.15) is 41.9 Å². The molecule has 3 rings (SSSR count). The number of amides is 1. The van der Waals surface area contributed by atoms with E-state index in [-0.39, 0.29) is 18.7 Å². The fourth-order valence-corrected chi connectivity index (χ4v) is 4.03. The molecule has 0 heterocycles. The molecule has 186 valence electrons. The Morgan fingerprint density at radius 1 is 0.889 bits per heavy atom. The van der Waals surface area contributed by atoms with Gasteiger partial charge in [0.1, 0.15) is 6.04 Å². The zero-order valence-electron chi connectivity index (χ0n) is 19.6. The molecule has 0 aliphatic heterocycles. The van der Waals surface area contributed by atoms with Crippen LogP contribution in [0.3, 0.4) is 0 Å². The number of nitrogens with one attached hydrogen (secondary N) is 1. The molecule has 3 aromatic rings. The van der Waals surface area contributed by atoms with E-state index in [1.54, 1.807) is 55.5 Å². The molecule has 2 atom stereocenters. The van der Waals surface area contributed by atoms with Gasteiger partial charge < -0.3 is 15.2 Å². The summed E-state index contributed by atoms with van der Waals surface area (Å²) in [7, 11) is 0. The van der Waals surface area contributed by atoms with Crippen LogP contribution in [0, 0.1) is 10.1 Å². The van der Waals surface area contributed by atoms with Gasteiger partial charge in [-0.1, -0.05) is 72.8 Å². The molecule has 1 amide bonds. The third kappa shape index (κ3) is 6.53. The molecule has 0 aliphatic carbocycles. The number of aliphatic carboxylic acids is 1. The molecule has 0 aliphatic rings. The van der Waals surface area contributed by atoms with Gasteiger partial charge in [0, 0.05) is 18.1 Å². The molecule has 9 heteroatoms. The van der Waals surface area contributed by atoms with Gasteiger partial charge in [-0.05, 0) is 23.6 Å². The average molecular weight is 491 g/mol. The quantitative estimate of drug-likeness (QED) is 0.235. The van der Waals surface area contributed by atoms with Crippen LogP contribution in [0.15, 0.2) is 84.9 Å². The summed E-state index contributed by atoms with van der Waals surface area (Å²) < 4.78 is 5.02. The topological polar surface area (TPSA) is 136 Å². The van der Waals surface area contributed by atoms with Gasteiger partial charge in [0.15, 0.2) is 0 Å². The van der Waals surface area contributed by atoms with Gasteiger partial charge in [0.25, 0.3) is 5.69 Å². The highest BCUT2D eigenvalue weighted by Gasteiger charge is 2.35. The van der Waals surface area contributed by atoms with Gasteiger partial charge in [-0.15, -0.1) is 0 Å². The molecule has 0 saturated heterocycles. The van der Waals surface area contributed by atoms with E-state index in [4.69, 9.17) is 4.74 Å². The number of nitro benzene ring substituents is 1. The normalized spacial score (nSPS) is 12.4. The molecule has 0 saturated carbocycles. The number of rotatable bonds is 11. The first-order chi connectivity index (χ1) is 17.3.